The fourth-order valence-corrected chi connectivity index (χ4v) is 3.34. The van der Waals surface area contributed by atoms with Crippen molar-refractivity contribution in [1.82, 2.24) is 0 Å². The van der Waals surface area contributed by atoms with Crippen molar-refractivity contribution in [3.05, 3.63) is 71.2 Å². The Morgan fingerprint density at radius 3 is 2.24 bits per heavy atom. The van der Waals surface area contributed by atoms with Crippen molar-refractivity contribution in [2.24, 2.45) is 0 Å². The molecule has 3 rings (SSSR count). The van der Waals surface area contributed by atoms with Gasteiger partial charge in [-0.05, 0) is 60.7 Å². The number of anilines is 3. The molecule has 0 aliphatic heterocycles. The molecular formula is C23H21ClFN3O4S. The topological polar surface area (TPSA) is 80.9 Å². The Labute approximate surface area is 200 Å². The lowest BCUT2D eigenvalue weighted by Gasteiger charge is -2.15. The van der Waals surface area contributed by atoms with Crippen LogP contribution in [0.2, 0.25) is 5.02 Å². The fraction of sp³-hybridized carbons (Fsp3) is 0.130. The number of ether oxygens (including phenoxy) is 3. The van der Waals surface area contributed by atoms with Crippen LogP contribution in [0, 0.1) is 0 Å². The van der Waals surface area contributed by atoms with Gasteiger partial charge >= 0.3 is 0 Å². The van der Waals surface area contributed by atoms with Crippen molar-refractivity contribution in [2.75, 3.05) is 37.0 Å². The first-order chi connectivity index (χ1) is 15.9. The third-order valence-corrected chi connectivity index (χ3v) is 4.94. The van der Waals surface area contributed by atoms with Crippen molar-refractivity contribution in [3.8, 4) is 17.2 Å². The second kappa shape index (κ2) is 11.3. The van der Waals surface area contributed by atoms with E-state index in [0.29, 0.717) is 44.3 Å². The molecule has 10 heteroatoms. The molecule has 0 heterocycles. The second-order valence-corrected chi connectivity index (χ2v) is 7.39. The second-order valence-electron chi connectivity index (χ2n) is 6.58. The van der Waals surface area contributed by atoms with Crippen molar-refractivity contribution in [1.29, 1.82) is 0 Å². The van der Waals surface area contributed by atoms with E-state index in [1.54, 1.807) is 54.6 Å². The Kier molecular flexibility index (Phi) is 8.28. The standard InChI is InChI=1S/C23H21ClFN3O4S/c1-30-20-12-21(31-2)19(11-18(20)24)28-23(33)27-16-8-6-15(7-9-16)26-22(29)14-4-3-5-17(10-14)32-13-25/h3-12H,13H2,1-2H3,(H,26,29)(H2,27,28,33). The molecule has 3 aromatic carbocycles. The molecule has 0 spiro atoms. The van der Waals surface area contributed by atoms with Gasteiger partial charge in [-0.2, -0.15) is 0 Å². The lowest BCUT2D eigenvalue weighted by Crippen LogP contribution is -2.19. The van der Waals surface area contributed by atoms with Crippen molar-refractivity contribution in [2.45, 2.75) is 0 Å². The number of methoxy groups -OCH3 is 2. The maximum absolute atomic E-state index is 12.4. The van der Waals surface area contributed by atoms with Crippen molar-refractivity contribution in [3.63, 3.8) is 0 Å². The van der Waals surface area contributed by atoms with Gasteiger partial charge in [-0.1, -0.05) is 17.7 Å². The quantitative estimate of drug-likeness (QED) is 0.349. The number of benzene rings is 3. The average Bonchev–Trinajstić information content (AvgIpc) is 2.81. The molecule has 0 aliphatic carbocycles. The predicted molar refractivity (Wildman–Crippen MR) is 132 cm³/mol. The Morgan fingerprint density at radius 1 is 0.939 bits per heavy atom. The Morgan fingerprint density at radius 2 is 1.61 bits per heavy atom. The Bertz CT molecular complexity index is 1150. The highest BCUT2D eigenvalue weighted by Crippen LogP contribution is 2.36. The van der Waals surface area contributed by atoms with Crippen LogP contribution in [-0.2, 0) is 0 Å². The number of hydrogen-bond donors (Lipinski definition) is 3. The predicted octanol–water partition coefficient (Wildman–Crippen LogP) is 5.72. The number of amides is 1. The van der Waals surface area contributed by atoms with E-state index in [-0.39, 0.29) is 11.7 Å². The van der Waals surface area contributed by atoms with Gasteiger partial charge in [-0.3, -0.25) is 4.79 Å². The summed E-state index contributed by atoms with van der Waals surface area (Å²) in [5.41, 5.74) is 2.19. The van der Waals surface area contributed by atoms with E-state index in [9.17, 15) is 9.18 Å². The highest BCUT2D eigenvalue weighted by molar-refractivity contribution is 7.80. The van der Waals surface area contributed by atoms with Gasteiger partial charge < -0.3 is 30.2 Å². The minimum absolute atomic E-state index is 0.278. The normalized spacial score (nSPS) is 10.2. The van der Waals surface area contributed by atoms with Crippen molar-refractivity contribution >= 4 is 51.9 Å². The highest BCUT2D eigenvalue weighted by atomic mass is 35.5. The van der Waals surface area contributed by atoms with Crippen LogP contribution in [0.3, 0.4) is 0 Å². The first kappa shape index (κ1) is 24.1. The Balaban J connectivity index is 1.61. The molecule has 3 N–H and O–H groups in total. The third kappa shape index (κ3) is 6.47. The van der Waals surface area contributed by atoms with E-state index in [0.717, 1.165) is 0 Å². The fourth-order valence-electron chi connectivity index (χ4n) is 2.87. The molecule has 0 saturated carbocycles. The van der Waals surface area contributed by atoms with Crippen molar-refractivity contribution < 1.29 is 23.4 Å². The van der Waals surface area contributed by atoms with Gasteiger partial charge in [-0.15, -0.1) is 0 Å². The number of thiocarbonyl (C=S) groups is 1. The lowest BCUT2D eigenvalue weighted by atomic mass is 10.2. The lowest BCUT2D eigenvalue weighted by molar-refractivity contribution is 0.102. The van der Waals surface area contributed by atoms with Crippen LogP contribution in [-0.4, -0.2) is 32.1 Å². The summed E-state index contributed by atoms with van der Waals surface area (Å²) in [7, 11) is 3.05. The third-order valence-electron chi connectivity index (χ3n) is 4.44. The first-order valence-corrected chi connectivity index (χ1v) is 10.4. The van der Waals surface area contributed by atoms with Gasteiger partial charge in [0.1, 0.15) is 17.2 Å². The van der Waals surface area contributed by atoms with Crippen LogP contribution < -0.4 is 30.2 Å². The summed E-state index contributed by atoms with van der Waals surface area (Å²) in [4.78, 5) is 12.4. The molecule has 0 atom stereocenters. The summed E-state index contributed by atoms with van der Waals surface area (Å²) in [6.45, 7) is -0.964. The number of halogens is 2. The minimum Gasteiger partial charge on any atom is -0.495 e. The number of carbonyl (C=O) groups excluding carboxylic acids is 1. The first-order valence-electron chi connectivity index (χ1n) is 9.63. The van der Waals surface area contributed by atoms with E-state index >= 15 is 0 Å². The van der Waals surface area contributed by atoms with Gasteiger partial charge in [0.25, 0.3) is 5.91 Å². The van der Waals surface area contributed by atoms with E-state index in [1.807, 2.05) is 0 Å². The summed E-state index contributed by atoms with van der Waals surface area (Å²) in [5.74, 6) is 0.929. The zero-order chi connectivity index (χ0) is 23.8. The number of carbonyl (C=O) groups is 1. The van der Waals surface area contributed by atoms with Crippen LogP contribution in [0.15, 0.2) is 60.7 Å². The molecule has 172 valence electrons. The smallest absolute Gasteiger partial charge is 0.255 e. The summed E-state index contributed by atoms with van der Waals surface area (Å²) < 4.78 is 27.7. The number of nitrogens with one attached hydrogen (secondary N) is 3. The zero-order valence-electron chi connectivity index (χ0n) is 17.8. The molecule has 0 aromatic heterocycles. The van der Waals surface area contributed by atoms with Gasteiger partial charge in [0.15, 0.2) is 5.11 Å². The van der Waals surface area contributed by atoms with E-state index in [1.165, 1.54) is 20.3 Å². The van der Waals surface area contributed by atoms with E-state index in [2.05, 4.69) is 16.0 Å². The SMILES string of the molecule is COc1cc(OC)c(NC(=S)Nc2ccc(NC(=O)c3cccc(OCF)c3)cc2)cc1Cl. The monoisotopic (exact) mass is 489 g/mol. The molecule has 0 unspecified atom stereocenters. The molecule has 0 aliphatic rings. The molecule has 0 fully saturated rings. The summed E-state index contributed by atoms with van der Waals surface area (Å²) >= 11 is 11.6. The largest absolute Gasteiger partial charge is 0.495 e. The molecule has 3 aromatic rings. The molecule has 7 nitrogen and oxygen atoms in total. The number of alkyl halides is 1. The van der Waals surface area contributed by atoms with Crippen LogP contribution in [0.25, 0.3) is 0 Å². The maximum atomic E-state index is 12.4. The molecule has 0 bridgehead atoms. The maximum Gasteiger partial charge on any atom is 0.255 e. The van der Waals surface area contributed by atoms with Gasteiger partial charge in [-0.25, -0.2) is 4.39 Å². The summed E-state index contributed by atoms with van der Waals surface area (Å²) in [6.07, 6.45) is 0. The molecule has 33 heavy (non-hydrogen) atoms. The van der Waals surface area contributed by atoms with E-state index < -0.39 is 6.86 Å². The van der Waals surface area contributed by atoms with Gasteiger partial charge in [0.05, 0.1) is 24.9 Å². The van der Waals surface area contributed by atoms with Gasteiger partial charge in [0, 0.05) is 23.0 Å². The van der Waals surface area contributed by atoms with Gasteiger partial charge in [0.2, 0.25) is 6.86 Å². The summed E-state index contributed by atoms with van der Waals surface area (Å²) in [6, 6.07) is 16.5. The van der Waals surface area contributed by atoms with Crippen LogP contribution in [0.4, 0.5) is 21.5 Å². The number of rotatable bonds is 8. The molecule has 1 amide bonds. The Hall–Kier alpha value is -3.56. The van der Waals surface area contributed by atoms with Crippen LogP contribution in [0.1, 0.15) is 10.4 Å². The molecule has 0 radical (unpaired) electrons. The molecular weight excluding hydrogens is 469 g/mol. The summed E-state index contributed by atoms with van der Waals surface area (Å²) in [5, 5.41) is 9.58. The number of hydrogen-bond acceptors (Lipinski definition) is 5. The van der Waals surface area contributed by atoms with Crippen LogP contribution in [0.5, 0.6) is 17.2 Å². The van der Waals surface area contributed by atoms with E-state index in [4.69, 9.17) is 38.0 Å². The van der Waals surface area contributed by atoms with Crippen LogP contribution >= 0.6 is 23.8 Å². The molecule has 0 saturated heterocycles. The zero-order valence-corrected chi connectivity index (χ0v) is 19.4. The minimum atomic E-state index is -0.964. The average molecular weight is 490 g/mol. The highest BCUT2D eigenvalue weighted by Gasteiger charge is 2.12.